The van der Waals surface area contributed by atoms with Crippen LogP contribution in [0.25, 0.3) is 0 Å². The van der Waals surface area contributed by atoms with Crippen LogP contribution in [0.3, 0.4) is 0 Å². The molecule has 1 aromatic heterocycles. The number of aryl methyl sites for hydroxylation is 1. The largest absolute Gasteiger partial charge is 0.444 e. The summed E-state index contributed by atoms with van der Waals surface area (Å²) < 4.78 is 5.58. The van der Waals surface area contributed by atoms with Crippen LogP contribution in [0.4, 0.5) is 10.6 Å². The first-order chi connectivity index (χ1) is 11.3. The van der Waals surface area contributed by atoms with Gasteiger partial charge in [0.25, 0.3) is 0 Å². The lowest BCUT2D eigenvalue weighted by atomic mass is 10.0. The summed E-state index contributed by atoms with van der Waals surface area (Å²) in [4.78, 5) is 21.5. The molecule has 0 N–H and O–H groups in total. The first kappa shape index (κ1) is 17.1. The van der Waals surface area contributed by atoms with Crippen molar-refractivity contribution in [1.82, 2.24) is 9.88 Å². The summed E-state index contributed by atoms with van der Waals surface area (Å²) in [6.45, 7) is 10.7. The van der Waals surface area contributed by atoms with E-state index in [0.717, 1.165) is 49.6 Å². The monoisotopic (exact) mass is 331 g/mol. The quantitative estimate of drug-likeness (QED) is 0.820. The van der Waals surface area contributed by atoms with Gasteiger partial charge >= 0.3 is 6.09 Å². The Bertz CT molecular complexity index is 603. The summed E-state index contributed by atoms with van der Waals surface area (Å²) >= 11 is 0. The highest BCUT2D eigenvalue weighted by molar-refractivity contribution is 5.69. The summed E-state index contributed by atoms with van der Waals surface area (Å²) in [6.07, 6.45) is 4.27. The molecule has 3 heterocycles. The van der Waals surface area contributed by atoms with Crippen molar-refractivity contribution in [3.8, 4) is 0 Å². The van der Waals surface area contributed by atoms with Gasteiger partial charge in [0.1, 0.15) is 11.4 Å². The molecule has 5 heteroatoms. The van der Waals surface area contributed by atoms with Gasteiger partial charge in [0.15, 0.2) is 0 Å². The van der Waals surface area contributed by atoms with E-state index in [2.05, 4.69) is 24.0 Å². The molecule has 0 radical (unpaired) electrons. The standard InChI is InChI=1S/C19H29N3O2/c1-14-15(9-10-17(20-14)21-11-5-6-12-21)16-8-7-13-22(16)18(23)24-19(2,3)4/h9-10,16H,5-8,11-13H2,1-4H3/t16-/m1/s1. The van der Waals surface area contributed by atoms with Gasteiger partial charge in [0, 0.05) is 25.3 Å². The zero-order valence-corrected chi connectivity index (χ0v) is 15.3. The van der Waals surface area contributed by atoms with Crippen LogP contribution in [-0.4, -0.2) is 41.2 Å². The zero-order chi connectivity index (χ0) is 17.3. The Morgan fingerprint density at radius 1 is 1.17 bits per heavy atom. The van der Waals surface area contributed by atoms with E-state index in [1.165, 1.54) is 12.8 Å². The van der Waals surface area contributed by atoms with Gasteiger partial charge < -0.3 is 14.5 Å². The summed E-state index contributed by atoms with van der Waals surface area (Å²) in [5.74, 6) is 1.07. The maximum absolute atomic E-state index is 12.5. The van der Waals surface area contributed by atoms with E-state index >= 15 is 0 Å². The van der Waals surface area contributed by atoms with Gasteiger partial charge in [-0.3, -0.25) is 0 Å². The lowest BCUT2D eigenvalue weighted by Crippen LogP contribution is -2.36. The highest BCUT2D eigenvalue weighted by atomic mass is 16.6. The number of hydrogen-bond donors (Lipinski definition) is 0. The van der Waals surface area contributed by atoms with Crippen molar-refractivity contribution >= 4 is 11.9 Å². The number of ether oxygens (including phenoxy) is 1. The van der Waals surface area contributed by atoms with E-state index in [-0.39, 0.29) is 12.1 Å². The smallest absolute Gasteiger partial charge is 0.410 e. The van der Waals surface area contributed by atoms with Gasteiger partial charge in [0.2, 0.25) is 0 Å². The number of pyridine rings is 1. The van der Waals surface area contributed by atoms with Crippen molar-refractivity contribution < 1.29 is 9.53 Å². The molecule has 0 unspecified atom stereocenters. The fourth-order valence-corrected chi connectivity index (χ4v) is 3.66. The molecule has 2 aliphatic heterocycles. The molecule has 0 saturated carbocycles. The lowest BCUT2D eigenvalue weighted by molar-refractivity contribution is 0.0224. The molecular weight excluding hydrogens is 302 g/mol. The Morgan fingerprint density at radius 2 is 1.88 bits per heavy atom. The van der Waals surface area contributed by atoms with Crippen molar-refractivity contribution in [3.05, 3.63) is 23.4 Å². The molecule has 3 rings (SSSR count). The van der Waals surface area contributed by atoms with Gasteiger partial charge in [-0.1, -0.05) is 6.07 Å². The molecule has 0 bridgehead atoms. The Hall–Kier alpha value is -1.78. The molecule has 5 nitrogen and oxygen atoms in total. The first-order valence-corrected chi connectivity index (χ1v) is 9.07. The lowest BCUT2D eigenvalue weighted by Gasteiger charge is -2.29. The maximum Gasteiger partial charge on any atom is 0.410 e. The van der Waals surface area contributed by atoms with Crippen molar-refractivity contribution in [2.75, 3.05) is 24.5 Å². The van der Waals surface area contributed by atoms with E-state index < -0.39 is 5.60 Å². The van der Waals surface area contributed by atoms with Gasteiger partial charge in [-0.05, 0) is 65.0 Å². The van der Waals surface area contributed by atoms with Crippen LogP contribution in [0.15, 0.2) is 12.1 Å². The Kier molecular flexibility index (Phi) is 4.70. The predicted molar refractivity (Wildman–Crippen MR) is 95.3 cm³/mol. The fraction of sp³-hybridized carbons (Fsp3) is 0.684. The number of rotatable bonds is 2. The molecule has 1 atom stereocenters. The topological polar surface area (TPSA) is 45.7 Å². The van der Waals surface area contributed by atoms with Crippen LogP contribution >= 0.6 is 0 Å². The van der Waals surface area contributed by atoms with Crippen molar-refractivity contribution in [3.63, 3.8) is 0 Å². The Morgan fingerprint density at radius 3 is 2.50 bits per heavy atom. The minimum absolute atomic E-state index is 0.0833. The summed E-state index contributed by atoms with van der Waals surface area (Å²) in [5.41, 5.74) is 1.72. The molecular formula is C19H29N3O2. The van der Waals surface area contributed by atoms with E-state index in [9.17, 15) is 4.79 Å². The highest BCUT2D eigenvalue weighted by Crippen LogP contribution is 2.35. The SMILES string of the molecule is Cc1nc(N2CCCC2)ccc1[C@H]1CCCN1C(=O)OC(C)(C)C. The Balaban J connectivity index is 1.78. The van der Waals surface area contributed by atoms with Crippen molar-refractivity contribution in [1.29, 1.82) is 0 Å². The third-order valence-electron chi connectivity index (χ3n) is 4.78. The molecule has 2 saturated heterocycles. The summed E-state index contributed by atoms with van der Waals surface area (Å²) in [6, 6.07) is 4.35. The maximum atomic E-state index is 12.5. The number of carbonyl (C=O) groups excluding carboxylic acids is 1. The average molecular weight is 331 g/mol. The molecule has 0 aromatic carbocycles. The zero-order valence-electron chi connectivity index (χ0n) is 15.3. The predicted octanol–water partition coefficient (Wildman–Crippen LogP) is 4.06. The highest BCUT2D eigenvalue weighted by Gasteiger charge is 2.34. The number of carbonyl (C=O) groups is 1. The number of aromatic nitrogens is 1. The normalized spacial score (nSPS) is 21.4. The van der Waals surface area contributed by atoms with Crippen LogP contribution in [0.1, 0.15) is 63.8 Å². The second kappa shape index (κ2) is 6.61. The van der Waals surface area contributed by atoms with Crippen LogP contribution in [-0.2, 0) is 4.74 Å². The molecule has 132 valence electrons. The number of hydrogen-bond acceptors (Lipinski definition) is 4. The second-order valence-electron chi connectivity index (χ2n) is 7.87. The van der Waals surface area contributed by atoms with Crippen LogP contribution in [0.2, 0.25) is 0 Å². The number of likely N-dealkylation sites (tertiary alicyclic amines) is 1. The summed E-state index contributed by atoms with van der Waals surface area (Å²) in [7, 11) is 0. The van der Waals surface area contributed by atoms with Gasteiger partial charge in [-0.25, -0.2) is 9.78 Å². The molecule has 0 aliphatic carbocycles. The molecule has 0 spiro atoms. The third kappa shape index (κ3) is 3.65. The van der Waals surface area contributed by atoms with Crippen LogP contribution in [0.5, 0.6) is 0 Å². The molecule has 1 aromatic rings. The number of anilines is 1. The van der Waals surface area contributed by atoms with Crippen LogP contribution in [0, 0.1) is 6.92 Å². The number of amides is 1. The molecule has 1 amide bonds. The van der Waals surface area contributed by atoms with Crippen molar-refractivity contribution in [2.24, 2.45) is 0 Å². The Labute approximate surface area is 145 Å². The minimum atomic E-state index is -0.461. The molecule has 2 aliphatic rings. The van der Waals surface area contributed by atoms with Gasteiger partial charge in [-0.15, -0.1) is 0 Å². The van der Waals surface area contributed by atoms with E-state index in [1.807, 2.05) is 25.7 Å². The third-order valence-corrected chi connectivity index (χ3v) is 4.78. The van der Waals surface area contributed by atoms with Crippen LogP contribution < -0.4 is 4.90 Å². The summed E-state index contributed by atoms with van der Waals surface area (Å²) in [5, 5.41) is 0. The van der Waals surface area contributed by atoms with E-state index in [0.29, 0.717) is 0 Å². The van der Waals surface area contributed by atoms with Gasteiger partial charge in [-0.2, -0.15) is 0 Å². The second-order valence-corrected chi connectivity index (χ2v) is 7.87. The molecule has 24 heavy (non-hydrogen) atoms. The minimum Gasteiger partial charge on any atom is -0.444 e. The molecule has 2 fully saturated rings. The van der Waals surface area contributed by atoms with E-state index in [4.69, 9.17) is 9.72 Å². The fourth-order valence-electron chi connectivity index (χ4n) is 3.66. The number of nitrogens with zero attached hydrogens (tertiary/aromatic N) is 3. The van der Waals surface area contributed by atoms with Gasteiger partial charge in [0.05, 0.1) is 6.04 Å². The van der Waals surface area contributed by atoms with E-state index in [1.54, 1.807) is 0 Å². The first-order valence-electron chi connectivity index (χ1n) is 9.07. The van der Waals surface area contributed by atoms with Crippen molar-refractivity contribution in [2.45, 2.75) is 65.0 Å². The average Bonchev–Trinajstić information content (AvgIpc) is 3.17.